The predicted octanol–water partition coefficient (Wildman–Crippen LogP) is 4.43. The number of benzene rings is 2. The molecule has 0 aliphatic heterocycles. The van der Waals surface area contributed by atoms with Crippen LogP contribution in [0.25, 0.3) is 0 Å². The molecule has 2 aromatic carbocycles. The van der Waals surface area contributed by atoms with Crippen molar-refractivity contribution in [3.63, 3.8) is 0 Å². The average Bonchev–Trinajstić information content (AvgIpc) is 2.35. The highest BCUT2D eigenvalue weighted by Crippen LogP contribution is 2.26. The lowest BCUT2D eigenvalue weighted by molar-refractivity contribution is 0.586. The number of nitrogens with one attached hydrogen (secondary N) is 2. The molecule has 6 heteroatoms. The van der Waals surface area contributed by atoms with Crippen molar-refractivity contribution < 1.29 is 8.78 Å². The van der Waals surface area contributed by atoms with Gasteiger partial charge in [-0.15, -0.1) is 0 Å². The molecule has 2 nitrogen and oxygen atoms in total. The van der Waals surface area contributed by atoms with E-state index in [1.807, 2.05) is 18.2 Å². The highest BCUT2D eigenvalue weighted by molar-refractivity contribution is 7.80. The second kappa shape index (κ2) is 5.95. The number of halogens is 3. The molecular weight excluding hydrogens is 290 g/mol. The molecule has 0 heterocycles. The molecule has 0 fully saturated rings. The second-order valence-corrected chi connectivity index (χ2v) is 4.51. The van der Waals surface area contributed by atoms with Crippen molar-refractivity contribution in [1.29, 1.82) is 0 Å². The zero-order chi connectivity index (χ0) is 13.8. The topological polar surface area (TPSA) is 24.1 Å². The first-order valence-electron chi connectivity index (χ1n) is 5.34. The lowest BCUT2D eigenvalue weighted by Crippen LogP contribution is -2.20. The maximum Gasteiger partial charge on any atom is 0.175 e. The molecule has 0 aliphatic carbocycles. The van der Waals surface area contributed by atoms with E-state index in [1.54, 1.807) is 12.1 Å². The molecule has 0 bridgehead atoms. The van der Waals surface area contributed by atoms with E-state index < -0.39 is 11.6 Å². The maximum absolute atomic E-state index is 13.5. The molecule has 19 heavy (non-hydrogen) atoms. The Morgan fingerprint density at radius 1 is 1.05 bits per heavy atom. The largest absolute Gasteiger partial charge is 0.332 e. The van der Waals surface area contributed by atoms with E-state index in [-0.39, 0.29) is 15.8 Å². The van der Waals surface area contributed by atoms with Gasteiger partial charge in [0.25, 0.3) is 0 Å². The van der Waals surface area contributed by atoms with Crippen LogP contribution < -0.4 is 10.6 Å². The SMILES string of the molecule is Fc1cc(F)c(NC(=S)Nc2ccccc2)c(Cl)c1. The van der Waals surface area contributed by atoms with Crippen LogP contribution in [0.3, 0.4) is 0 Å². The molecule has 0 aliphatic rings. The summed E-state index contributed by atoms with van der Waals surface area (Å²) in [6.07, 6.45) is 0. The highest BCUT2D eigenvalue weighted by Gasteiger charge is 2.11. The predicted molar refractivity (Wildman–Crippen MR) is 77.7 cm³/mol. The lowest BCUT2D eigenvalue weighted by Gasteiger charge is -2.12. The quantitative estimate of drug-likeness (QED) is 0.802. The smallest absolute Gasteiger partial charge is 0.175 e. The number of anilines is 2. The zero-order valence-corrected chi connectivity index (χ0v) is 11.2. The Hall–Kier alpha value is -1.72. The molecular formula is C13H9ClF2N2S. The number of hydrogen-bond donors (Lipinski definition) is 2. The molecule has 0 saturated carbocycles. The molecule has 2 rings (SSSR count). The minimum Gasteiger partial charge on any atom is -0.332 e. The van der Waals surface area contributed by atoms with E-state index in [0.717, 1.165) is 17.8 Å². The van der Waals surface area contributed by atoms with Gasteiger partial charge in [-0.1, -0.05) is 29.8 Å². The third-order valence-corrected chi connectivity index (χ3v) is 2.78. The first-order valence-corrected chi connectivity index (χ1v) is 6.12. The molecule has 0 amide bonds. The van der Waals surface area contributed by atoms with Gasteiger partial charge in [-0.2, -0.15) is 0 Å². The lowest BCUT2D eigenvalue weighted by atomic mass is 10.3. The third-order valence-electron chi connectivity index (χ3n) is 2.28. The van der Waals surface area contributed by atoms with Crippen LogP contribution in [0.1, 0.15) is 0 Å². The minimum absolute atomic E-state index is 0.0588. The van der Waals surface area contributed by atoms with E-state index in [9.17, 15) is 8.78 Å². The van der Waals surface area contributed by atoms with Crippen molar-refractivity contribution in [2.75, 3.05) is 10.6 Å². The van der Waals surface area contributed by atoms with Gasteiger partial charge in [0.1, 0.15) is 5.82 Å². The van der Waals surface area contributed by atoms with Crippen molar-refractivity contribution >= 4 is 40.3 Å². The zero-order valence-electron chi connectivity index (χ0n) is 9.58. The van der Waals surface area contributed by atoms with Gasteiger partial charge < -0.3 is 10.6 Å². The molecule has 0 atom stereocenters. The van der Waals surface area contributed by atoms with Gasteiger partial charge in [-0.05, 0) is 30.4 Å². The summed E-state index contributed by atoms with van der Waals surface area (Å²) >= 11 is 10.8. The first kappa shape index (κ1) is 13.7. The summed E-state index contributed by atoms with van der Waals surface area (Å²) in [5, 5.41) is 5.55. The van der Waals surface area contributed by atoms with E-state index in [1.165, 1.54) is 0 Å². The summed E-state index contributed by atoms with van der Waals surface area (Å²) in [5.74, 6) is -1.54. The van der Waals surface area contributed by atoms with Crippen molar-refractivity contribution in [1.82, 2.24) is 0 Å². The van der Waals surface area contributed by atoms with Crippen molar-refractivity contribution in [3.8, 4) is 0 Å². The van der Waals surface area contributed by atoms with Crippen LogP contribution in [0.15, 0.2) is 42.5 Å². The standard InChI is InChI=1S/C13H9ClF2N2S/c14-10-6-8(15)7-11(16)12(10)18-13(19)17-9-4-2-1-3-5-9/h1-7H,(H2,17,18,19). The van der Waals surface area contributed by atoms with Gasteiger partial charge in [0.2, 0.25) is 0 Å². The van der Waals surface area contributed by atoms with Crippen molar-refractivity contribution in [2.24, 2.45) is 0 Å². The Kier molecular flexibility index (Phi) is 4.29. The van der Waals surface area contributed by atoms with Gasteiger partial charge in [-0.25, -0.2) is 8.78 Å². The fourth-order valence-corrected chi connectivity index (χ4v) is 1.92. The molecule has 98 valence electrons. The number of para-hydroxylation sites is 1. The number of hydrogen-bond acceptors (Lipinski definition) is 1. The van der Waals surface area contributed by atoms with Gasteiger partial charge in [-0.3, -0.25) is 0 Å². The summed E-state index contributed by atoms with van der Waals surface area (Å²) in [6.45, 7) is 0. The van der Waals surface area contributed by atoms with Crippen LogP contribution >= 0.6 is 23.8 Å². The van der Waals surface area contributed by atoms with E-state index in [4.69, 9.17) is 23.8 Å². The Bertz CT molecular complexity index is 582. The van der Waals surface area contributed by atoms with Crippen LogP contribution in [0.4, 0.5) is 20.2 Å². The van der Waals surface area contributed by atoms with Gasteiger partial charge in [0.05, 0.1) is 10.7 Å². The van der Waals surface area contributed by atoms with E-state index >= 15 is 0 Å². The Balaban J connectivity index is 2.12. The van der Waals surface area contributed by atoms with Crippen LogP contribution in [0.5, 0.6) is 0 Å². The summed E-state index contributed by atoms with van der Waals surface area (Å²) in [7, 11) is 0. The Morgan fingerprint density at radius 2 is 1.74 bits per heavy atom. The molecule has 0 unspecified atom stereocenters. The van der Waals surface area contributed by atoms with Crippen LogP contribution in [-0.4, -0.2) is 5.11 Å². The molecule has 0 aromatic heterocycles. The fraction of sp³-hybridized carbons (Fsp3) is 0. The molecule has 0 saturated heterocycles. The molecule has 2 aromatic rings. The fourth-order valence-electron chi connectivity index (χ4n) is 1.46. The Morgan fingerprint density at radius 3 is 2.37 bits per heavy atom. The molecule has 0 radical (unpaired) electrons. The van der Waals surface area contributed by atoms with E-state index in [2.05, 4.69) is 10.6 Å². The normalized spacial score (nSPS) is 10.1. The average molecular weight is 299 g/mol. The maximum atomic E-state index is 13.5. The second-order valence-electron chi connectivity index (χ2n) is 3.69. The van der Waals surface area contributed by atoms with Crippen LogP contribution in [0.2, 0.25) is 5.02 Å². The number of rotatable bonds is 2. The molecule has 2 N–H and O–H groups in total. The summed E-state index contributed by atoms with van der Waals surface area (Å²) < 4.78 is 26.4. The number of thiocarbonyl (C=S) groups is 1. The van der Waals surface area contributed by atoms with Gasteiger partial charge in [0, 0.05) is 11.8 Å². The summed E-state index contributed by atoms with van der Waals surface area (Å²) in [6, 6.07) is 10.9. The Labute approximate surface area is 119 Å². The van der Waals surface area contributed by atoms with Crippen LogP contribution in [0, 0.1) is 11.6 Å². The molecule has 0 spiro atoms. The monoisotopic (exact) mass is 298 g/mol. The summed E-state index contributed by atoms with van der Waals surface area (Å²) in [4.78, 5) is 0. The first-order chi connectivity index (χ1) is 9.06. The van der Waals surface area contributed by atoms with Gasteiger partial charge >= 0.3 is 0 Å². The third kappa shape index (κ3) is 3.62. The van der Waals surface area contributed by atoms with E-state index in [0.29, 0.717) is 0 Å². The minimum atomic E-state index is -0.804. The van der Waals surface area contributed by atoms with Crippen LogP contribution in [-0.2, 0) is 0 Å². The summed E-state index contributed by atoms with van der Waals surface area (Å²) in [5.41, 5.74) is 0.690. The van der Waals surface area contributed by atoms with Crippen molar-refractivity contribution in [3.05, 3.63) is 59.1 Å². The van der Waals surface area contributed by atoms with Gasteiger partial charge in [0.15, 0.2) is 10.9 Å². The van der Waals surface area contributed by atoms with Crippen molar-refractivity contribution in [2.45, 2.75) is 0 Å². The highest BCUT2D eigenvalue weighted by atomic mass is 35.5.